The van der Waals surface area contributed by atoms with E-state index in [0.717, 1.165) is 31.7 Å². The molecule has 0 unspecified atom stereocenters. The molecular weight excluding hydrogens is 295 g/mol. The number of piperidine rings is 1. The van der Waals surface area contributed by atoms with Gasteiger partial charge in [0.1, 0.15) is 11.9 Å². The van der Waals surface area contributed by atoms with Gasteiger partial charge in [0, 0.05) is 44.8 Å². The van der Waals surface area contributed by atoms with Crippen LogP contribution >= 0.6 is 0 Å². The maximum absolute atomic E-state index is 14.1. The smallest absolute Gasteiger partial charge is 0.166 e. The third kappa shape index (κ3) is 3.21. The second-order valence-corrected chi connectivity index (χ2v) is 5.53. The summed E-state index contributed by atoms with van der Waals surface area (Å²) >= 11 is 0. The lowest BCUT2D eigenvalue weighted by Gasteiger charge is -2.37. The Kier molecular flexibility index (Phi) is 4.33. The van der Waals surface area contributed by atoms with E-state index in [1.54, 1.807) is 18.6 Å². The Morgan fingerprint density at radius 2 is 2.04 bits per heavy atom. The van der Waals surface area contributed by atoms with Crippen LogP contribution in [-0.2, 0) is 0 Å². The van der Waals surface area contributed by atoms with Gasteiger partial charge in [0.25, 0.3) is 0 Å². The van der Waals surface area contributed by atoms with E-state index in [9.17, 15) is 4.39 Å². The minimum Gasteiger partial charge on any atom is -0.355 e. The molecule has 0 bridgehead atoms. The fraction of sp³-hybridized carbons (Fsp3) is 0.375. The minimum absolute atomic E-state index is 0.206. The van der Waals surface area contributed by atoms with Crippen LogP contribution in [0.3, 0.4) is 0 Å². The number of anilines is 2. The summed E-state index contributed by atoms with van der Waals surface area (Å²) in [5.74, 6) is 0.709. The predicted octanol–water partition coefficient (Wildman–Crippen LogP) is 1.99. The van der Waals surface area contributed by atoms with Crippen LogP contribution in [0.5, 0.6) is 0 Å². The minimum atomic E-state index is -0.456. The Hall–Kier alpha value is -2.75. The van der Waals surface area contributed by atoms with Gasteiger partial charge in [0.2, 0.25) is 0 Å². The quantitative estimate of drug-likeness (QED) is 0.863. The van der Waals surface area contributed by atoms with E-state index in [2.05, 4.69) is 19.9 Å². The first-order chi connectivity index (χ1) is 11.2. The van der Waals surface area contributed by atoms with E-state index in [-0.39, 0.29) is 11.6 Å². The van der Waals surface area contributed by atoms with Crippen molar-refractivity contribution < 1.29 is 4.39 Å². The fourth-order valence-electron chi connectivity index (χ4n) is 2.86. The number of rotatable bonds is 3. The van der Waals surface area contributed by atoms with Crippen molar-refractivity contribution in [1.82, 2.24) is 15.0 Å². The molecular formula is C16H17FN6. The summed E-state index contributed by atoms with van der Waals surface area (Å²) < 4.78 is 14.1. The molecule has 0 atom stereocenters. The first kappa shape index (κ1) is 15.2. The lowest BCUT2D eigenvalue weighted by molar-refractivity contribution is 0.471. The number of aromatic nitrogens is 3. The summed E-state index contributed by atoms with van der Waals surface area (Å²) in [6.45, 7) is 1.68. The van der Waals surface area contributed by atoms with E-state index in [1.807, 2.05) is 18.0 Å². The van der Waals surface area contributed by atoms with Crippen molar-refractivity contribution in [3.05, 3.63) is 42.2 Å². The Labute approximate surface area is 134 Å². The van der Waals surface area contributed by atoms with Crippen LogP contribution in [0.15, 0.2) is 30.9 Å². The van der Waals surface area contributed by atoms with Gasteiger partial charge in [-0.3, -0.25) is 4.98 Å². The molecule has 2 aromatic rings. The summed E-state index contributed by atoms with van der Waals surface area (Å²) in [5.41, 5.74) is 0.233. The molecule has 3 rings (SSSR count). The van der Waals surface area contributed by atoms with Crippen LogP contribution in [0.1, 0.15) is 18.4 Å². The number of nitrogens with zero attached hydrogens (tertiary/aromatic N) is 6. The van der Waals surface area contributed by atoms with Crippen molar-refractivity contribution in [3.63, 3.8) is 0 Å². The molecule has 0 radical (unpaired) electrons. The number of nitriles is 1. The Bertz CT molecular complexity index is 706. The zero-order valence-corrected chi connectivity index (χ0v) is 12.9. The number of hydrogen-bond acceptors (Lipinski definition) is 6. The summed E-state index contributed by atoms with van der Waals surface area (Å²) in [5, 5.41) is 8.79. The molecule has 0 N–H and O–H groups in total. The van der Waals surface area contributed by atoms with Crippen molar-refractivity contribution >= 4 is 11.6 Å². The lowest BCUT2D eigenvalue weighted by atomic mass is 10.0. The van der Waals surface area contributed by atoms with Crippen LogP contribution in [0.25, 0.3) is 0 Å². The SMILES string of the molecule is CN(c1ncc(C#N)cc1F)C1CCN(c2cnccn2)CC1. The zero-order chi connectivity index (χ0) is 16.2. The Morgan fingerprint density at radius 1 is 1.26 bits per heavy atom. The maximum atomic E-state index is 14.1. The monoisotopic (exact) mass is 312 g/mol. The van der Waals surface area contributed by atoms with Crippen molar-refractivity contribution in [3.8, 4) is 6.07 Å². The highest BCUT2D eigenvalue weighted by molar-refractivity contribution is 5.44. The largest absolute Gasteiger partial charge is 0.355 e. The molecule has 23 heavy (non-hydrogen) atoms. The first-order valence-electron chi connectivity index (χ1n) is 7.48. The van der Waals surface area contributed by atoms with E-state index < -0.39 is 5.82 Å². The lowest BCUT2D eigenvalue weighted by Crippen LogP contribution is -2.44. The van der Waals surface area contributed by atoms with Crippen molar-refractivity contribution in [2.75, 3.05) is 29.9 Å². The Morgan fingerprint density at radius 3 is 2.65 bits per heavy atom. The Balaban J connectivity index is 1.67. The van der Waals surface area contributed by atoms with Crippen molar-refractivity contribution in [2.24, 2.45) is 0 Å². The highest BCUT2D eigenvalue weighted by Crippen LogP contribution is 2.24. The molecule has 0 spiro atoms. The molecule has 6 nitrogen and oxygen atoms in total. The van der Waals surface area contributed by atoms with E-state index >= 15 is 0 Å². The van der Waals surface area contributed by atoms with Gasteiger partial charge in [0.15, 0.2) is 11.6 Å². The molecule has 1 aliphatic rings. The molecule has 118 valence electrons. The van der Waals surface area contributed by atoms with Crippen molar-refractivity contribution in [2.45, 2.75) is 18.9 Å². The van der Waals surface area contributed by atoms with E-state index in [4.69, 9.17) is 5.26 Å². The third-order valence-electron chi connectivity index (χ3n) is 4.17. The number of pyridine rings is 1. The number of halogens is 1. The van der Waals surface area contributed by atoms with Gasteiger partial charge in [-0.05, 0) is 18.9 Å². The van der Waals surface area contributed by atoms with Gasteiger partial charge >= 0.3 is 0 Å². The average Bonchev–Trinajstić information content (AvgIpc) is 2.62. The molecule has 0 aliphatic carbocycles. The summed E-state index contributed by atoms with van der Waals surface area (Å²) in [6, 6.07) is 3.33. The first-order valence-corrected chi connectivity index (χ1v) is 7.48. The summed E-state index contributed by atoms with van der Waals surface area (Å²) in [7, 11) is 1.85. The third-order valence-corrected chi connectivity index (χ3v) is 4.17. The van der Waals surface area contributed by atoms with Crippen LogP contribution < -0.4 is 9.80 Å². The molecule has 1 fully saturated rings. The maximum Gasteiger partial charge on any atom is 0.166 e. The molecule has 0 aromatic carbocycles. The van der Waals surface area contributed by atoms with Gasteiger partial charge in [-0.15, -0.1) is 0 Å². The molecule has 1 aliphatic heterocycles. The topological polar surface area (TPSA) is 68.9 Å². The number of hydrogen-bond donors (Lipinski definition) is 0. The van der Waals surface area contributed by atoms with Crippen LogP contribution in [-0.4, -0.2) is 41.1 Å². The average molecular weight is 312 g/mol. The fourth-order valence-corrected chi connectivity index (χ4v) is 2.86. The van der Waals surface area contributed by atoms with Crippen LogP contribution in [0.2, 0.25) is 0 Å². The van der Waals surface area contributed by atoms with Crippen LogP contribution in [0, 0.1) is 17.1 Å². The zero-order valence-electron chi connectivity index (χ0n) is 12.9. The summed E-state index contributed by atoms with van der Waals surface area (Å²) in [4.78, 5) is 16.5. The van der Waals surface area contributed by atoms with Gasteiger partial charge in [-0.1, -0.05) is 0 Å². The highest BCUT2D eigenvalue weighted by Gasteiger charge is 2.25. The molecule has 7 heteroatoms. The van der Waals surface area contributed by atoms with Gasteiger partial charge in [-0.25, -0.2) is 14.4 Å². The van der Waals surface area contributed by atoms with Crippen molar-refractivity contribution in [1.29, 1.82) is 5.26 Å². The van der Waals surface area contributed by atoms with E-state index in [1.165, 1.54) is 12.3 Å². The molecule has 0 amide bonds. The molecule has 1 saturated heterocycles. The van der Waals surface area contributed by atoms with Gasteiger partial charge < -0.3 is 9.80 Å². The normalized spacial score (nSPS) is 15.3. The van der Waals surface area contributed by atoms with Gasteiger partial charge in [0.05, 0.1) is 11.8 Å². The second kappa shape index (κ2) is 6.57. The molecule has 0 saturated carbocycles. The standard InChI is InChI=1S/C16H17FN6/c1-22(16-14(17)8-12(9-18)10-21-16)13-2-6-23(7-3-13)15-11-19-4-5-20-15/h4-5,8,10-11,13H,2-3,6-7H2,1H3. The van der Waals surface area contributed by atoms with E-state index in [0.29, 0.717) is 5.82 Å². The highest BCUT2D eigenvalue weighted by atomic mass is 19.1. The van der Waals surface area contributed by atoms with Gasteiger partial charge in [-0.2, -0.15) is 5.26 Å². The molecule has 3 heterocycles. The molecule has 2 aromatic heterocycles. The predicted molar refractivity (Wildman–Crippen MR) is 84.6 cm³/mol. The van der Waals surface area contributed by atoms with Crippen LogP contribution in [0.4, 0.5) is 16.0 Å². The second-order valence-electron chi connectivity index (χ2n) is 5.53. The summed E-state index contributed by atoms with van der Waals surface area (Å²) in [6.07, 6.45) is 8.27.